The monoisotopic (exact) mass is 276 g/mol. The van der Waals surface area contributed by atoms with Crippen LogP contribution in [0.15, 0.2) is 24.3 Å². The quantitative estimate of drug-likeness (QED) is 0.917. The lowest BCUT2D eigenvalue weighted by Gasteiger charge is -2.34. The van der Waals surface area contributed by atoms with Crippen LogP contribution in [0.5, 0.6) is 0 Å². The Bertz CT molecular complexity index is 489. The first-order chi connectivity index (χ1) is 9.69. The lowest BCUT2D eigenvalue weighted by atomic mass is 10.3. The van der Waals surface area contributed by atoms with E-state index in [-0.39, 0.29) is 11.8 Å². The maximum atomic E-state index is 12.8. The summed E-state index contributed by atoms with van der Waals surface area (Å²) >= 11 is 0. The average molecular weight is 276 g/mol. The Kier molecular flexibility index (Phi) is 4.91. The molecule has 1 aliphatic rings. The zero-order valence-corrected chi connectivity index (χ0v) is 11.2. The molecule has 2 rings (SSSR count). The number of carbonyl (C=O) groups excluding carboxylic acids is 1. The SMILES string of the molecule is N#CCCN1CCN(C(=O)Nc2ccc(F)cc2)CC1. The summed E-state index contributed by atoms with van der Waals surface area (Å²) < 4.78 is 12.8. The van der Waals surface area contributed by atoms with E-state index in [1.54, 1.807) is 4.90 Å². The number of halogens is 1. The van der Waals surface area contributed by atoms with Gasteiger partial charge in [-0.25, -0.2) is 9.18 Å². The number of hydrogen-bond donors (Lipinski definition) is 1. The molecule has 1 N–H and O–H groups in total. The molecule has 0 radical (unpaired) electrons. The summed E-state index contributed by atoms with van der Waals surface area (Å²) in [6.07, 6.45) is 0.516. The molecule has 20 heavy (non-hydrogen) atoms. The highest BCUT2D eigenvalue weighted by Crippen LogP contribution is 2.10. The molecule has 0 atom stereocenters. The van der Waals surface area contributed by atoms with Crippen molar-refractivity contribution in [2.45, 2.75) is 6.42 Å². The van der Waals surface area contributed by atoms with E-state index in [0.29, 0.717) is 25.2 Å². The number of piperazine rings is 1. The minimum atomic E-state index is -0.325. The van der Waals surface area contributed by atoms with Crippen LogP contribution in [0, 0.1) is 17.1 Å². The number of benzene rings is 1. The predicted molar refractivity (Wildman–Crippen MR) is 73.7 cm³/mol. The Labute approximate surface area is 117 Å². The van der Waals surface area contributed by atoms with Gasteiger partial charge in [-0.05, 0) is 24.3 Å². The van der Waals surface area contributed by atoms with Crippen LogP contribution in [-0.2, 0) is 0 Å². The summed E-state index contributed by atoms with van der Waals surface area (Å²) in [5.41, 5.74) is 0.586. The van der Waals surface area contributed by atoms with Crippen LogP contribution >= 0.6 is 0 Å². The molecule has 2 amide bonds. The molecule has 1 saturated heterocycles. The number of urea groups is 1. The Balaban J connectivity index is 1.80. The minimum absolute atomic E-state index is 0.170. The van der Waals surface area contributed by atoms with Gasteiger partial charge in [-0.1, -0.05) is 0 Å². The van der Waals surface area contributed by atoms with Crippen molar-refractivity contribution < 1.29 is 9.18 Å². The van der Waals surface area contributed by atoms with Crippen LogP contribution < -0.4 is 5.32 Å². The zero-order valence-electron chi connectivity index (χ0n) is 11.2. The van der Waals surface area contributed by atoms with Gasteiger partial charge in [0.05, 0.1) is 6.07 Å². The molecular formula is C14H17FN4O. The molecule has 0 saturated carbocycles. The second kappa shape index (κ2) is 6.87. The van der Waals surface area contributed by atoms with E-state index in [9.17, 15) is 9.18 Å². The van der Waals surface area contributed by atoms with Crippen molar-refractivity contribution in [2.24, 2.45) is 0 Å². The summed E-state index contributed by atoms with van der Waals surface area (Å²) in [6.45, 7) is 3.58. The fraction of sp³-hybridized carbons (Fsp3) is 0.429. The van der Waals surface area contributed by atoms with Gasteiger partial charge in [0.15, 0.2) is 0 Å². The summed E-state index contributed by atoms with van der Waals surface area (Å²) in [5.74, 6) is -0.325. The number of rotatable bonds is 3. The Morgan fingerprint density at radius 1 is 1.25 bits per heavy atom. The number of hydrogen-bond acceptors (Lipinski definition) is 3. The van der Waals surface area contributed by atoms with Gasteiger partial charge in [-0.2, -0.15) is 5.26 Å². The third-order valence-corrected chi connectivity index (χ3v) is 3.29. The first-order valence-corrected chi connectivity index (χ1v) is 6.60. The number of amides is 2. The average Bonchev–Trinajstić information content (AvgIpc) is 2.48. The summed E-state index contributed by atoms with van der Waals surface area (Å²) in [7, 11) is 0. The van der Waals surface area contributed by atoms with Crippen molar-refractivity contribution in [1.29, 1.82) is 5.26 Å². The van der Waals surface area contributed by atoms with Crippen molar-refractivity contribution in [3.63, 3.8) is 0 Å². The molecule has 6 heteroatoms. The number of anilines is 1. The van der Waals surface area contributed by atoms with Gasteiger partial charge in [0, 0.05) is 44.8 Å². The molecule has 0 unspecified atom stereocenters. The fourth-order valence-electron chi connectivity index (χ4n) is 2.12. The second-order valence-corrected chi connectivity index (χ2v) is 4.67. The van der Waals surface area contributed by atoms with Gasteiger partial charge in [0.1, 0.15) is 5.82 Å². The topological polar surface area (TPSA) is 59.4 Å². The van der Waals surface area contributed by atoms with Crippen molar-refractivity contribution in [1.82, 2.24) is 9.80 Å². The summed E-state index contributed by atoms with van der Waals surface area (Å²) in [4.78, 5) is 15.9. The Hall–Kier alpha value is -2.13. The van der Waals surface area contributed by atoms with Gasteiger partial charge in [-0.3, -0.25) is 4.90 Å². The van der Waals surface area contributed by atoms with Crippen LogP contribution in [0.25, 0.3) is 0 Å². The molecule has 1 aromatic rings. The standard InChI is InChI=1S/C14H17FN4O/c15-12-2-4-13(5-3-12)17-14(20)19-10-8-18(9-11-19)7-1-6-16/h2-5H,1,7-11H2,(H,17,20). The maximum Gasteiger partial charge on any atom is 0.321 e. The van der Waals surface area contributed by atoms with Gasteiger partial charge in [-0.15, -0.1) is 0 Å². The number of nitrogens with zero attached hydrogens (tertiary/aromatic N) is 3. The molecule has 0 bridgehead atoms. The summed E-state index contributed by atoms with van der Waals surface area (Å²) in [6, 6.07) is 7.66. The summed E-state index contributed by atoms with van der Waals surface area (Å²) in [5, 5.41) is 11.3. The molecule has 5 nitrogen and oxygen atoms in total. The lowest BCUT2D eigenvalue weighted by molar-refractivity contribution is 0.149. The third kappa shape index (κ3) is 3.93. The molecule has 1 aromatic carbocycles. The van der Waals surface area contributed by atoms with Crippen LogP contribution in [-0.4, -0.2) is 48.6 Å². The van der Waals surface area contributed by atoms with E-state index in [1.165, 1.54) is 24.3 Å². The third-order valence-electron chi connectivity index (χ3n) is 3.29. The van der Waals surface area contributed by atoms with Gasteiger partial charge in [0.25, 0.3) is 0 Å². The predicted octanol–water partition coefficient (Wildman–Crippen LogP) is 1.89. The number of carbonyl (C=O) groups is 1. The smallest absolute Gasteiger partial charge is 0.321 e. The van der Waals surface area contributed by atoms with Crippen LogP contribution in [0.1, 0.15) is 6.42 Å². The molecule has 0 aromatic heterocycles. The van der Waals surface area contributed by atoms with E-state index in [4.69, 9.17) is 5.26 Å². The Morgan fingerprint density at radius 3 is 2.50 bits per heavy atom. The van der Waals surface area contributed by atoms with Gasteiger partial charge >= 0.3 is 6.03 Å². The van der Waals surface area contributed by atoms with Crippen LogP contribution in [0.2, 0.25) is 0 Å². The Morgan fingerprint density at radius 2 is 1.90 bits per heavy atom. The van der Waals surface area contributed by atoms with Gasteiger partial charge < -0.3 is 10.2 Å². The zero-order chi connectivity index (χ0) is 14.4. The van der Waals surface area contributed by atoms with Crippen LogP contribution in [0.4, 0.5) is 14.9 Å². The largest absolute Gasteiger partial charge is 0.322 e. The van der Waals surface area contributed by atoms with E-state index in [2.05, 4.69) is 16.3 Å². The van der Waals surface area contributed by atoms with Crippen molar-refractivity contribution >= 4 is 11.7 Å². The molecule has 0 spiro atoms. The minimum Gasteiger partial charge on any atom is -0.322 e. The van der Waals surface area contributed by atoms with Gasteiger partial charge in [0.2, 0.25) is 0 Å². The molecule has 106 valence electrons. The van der Waals surface area contributed by atoms with Crippen LogP contribution in [0.3, 0.4) is 0 Å². The van der Waals surface area contributed by atoms with Crippen molar-refractivity contribution in [3.05, 3.63) is 30.1 Å². The van der Waals surface area contributed by atoms with E-state index >= 15 is 0 Å². The number of nitrogens with one attached hydrogen (secondary N) is 1. The highest BCUT2D eigenvalue weighted by Gasteiger charge is 2.20. The highest BCUT2D eigenvalue weighted by molar-refractivity contribution is 5.89. The fourth-order valence-corrected chi connectivity index (χ4v) is 2.12. The van der Waals surface area contributed by atoms with E-state index in [0.717, 1.165) is 19.6 Å². The first kappa shape index (κ1) is 14.3. The normalized spacial score (nSPS) is 15.7. The first-order valence-electron chi connectivity index (χ1n) is 6.60. The number of nitriles is 1. The molecule has 1 aliphatic heterocycles. The molecule has 0 aliphatic carbocycles. The van der Waals surface area contributed by atoms with E-state index < -0.39 is 0 Å². The lowest BCUT2D eigenvalue weighted by Crippen LogP contribution is -2.50. The molecule has 1 heterocycles. The second-order valence-electron chi connectivity index (χ2n) is 4.67. The van der Waals surface area contributed by atoms with Crippen molar-refractivity contribution in [2.75, 3.05) is 38.0 Å². The molecular weight excluding hydrogens is 259 g/mol. The van der Waals surface area contributed by atoms with E-state index in [1.807, 2.05) is 0 Å². The molecule has 1 fully saturated rings. The highest BCUT2D eigenvalue weighted by atomic mass is 19.1. The van der Waals surface area contributed by atoms with Crippen molar-refractivity contribution in [3.8, 4) is 6.07 Å². The maximum absolute atomic E-state index is 12.8.